The highest BCUT2D eigenvalue weighted by Crippen LogP contribution is 2.36. The minimum atomic E-state index is -0.928. The summed E-state index contributed by atoms with van der Waals surface area (Å²) >= 11 is 3.33. The first kappa shape index (κ1) is 51.6. The van der Waals surface area contributed by atoms with Gasteiger partial charge in [0.1, 0.15) is 23.6 Å². The van der Waals surface area contributed by atoms with Crippen LogP contribution in [0.4, 0.5) is 21.0 Å². The number of hydrogen-bond acceptors (Lipinski definition) is 12. The van der Waals surface area contributed by atoms with E-state index >= 15 is 0 Å². The molecular weight excluding hydrogens is 951 g/mol. The van der Waals surface area contributed by atoms with Crippen LogP contribution in [0, 0.1) is 0 Å². The third-order valence-corrected chi connectivity index (χ3v) is 12.6. The Kier molecular flexibility index (Phi) is 16.5. The van der Waals surface area contributed by atoms with Crippen molar-refractivity contribution >= 4 is 63.8 Å². The normalized spacial score (nSPS) is 18.1. The summed E-state index contributed by atoms with van der Waals surface area (Å²) < 4.78 is 22.9. The summed E-state index contributed by atoms with van der Waals surface area (Å²) in [6, 6.07) is 25.7. The molecule has 18 nitrogen and oxygen atoms in total. The number of methoxy groups -OCH3 is 2. The number of urea groups is 2. The van der Waals surface area contributed by atoms with Crippen LogP contribution in [-0.4, -0.2) is 122 Å². The number of nitrogens with zero attached hydrogens (tertiary/aromatic N) is 6. The number of aromatic nitrogens is 4. The highest BCUT2D eigenvalue weighted by Gasteiger charge is 2.52. The van der Waals surface area contributed by atoms with E-state index < -0.39 is 49.2 Å². The lowest BCUT2D eigenvalue weighted by Crippen LogP contribution is -2.41. The minimum absolute atomic E-state index is 0. The van der Waals surface area contributed by atoms with Crippen LogP contribution in [0.1, 0.15) is 46.2 Å². The molecule has 4 aromatic carbocycles. The SMILES string of the molecule is C.CC1(C)OB(c2cn[nH]c2)OC1(C)C.COc1cccc(CN2C(=O)N(c3ccc(-c4cn[nH]c4)cc3)C(=O)C2CO)c1.COc1cccc(CN2C(=O)N(c3ccc(Br)cc3)C(=O)C2CO)c1. The average molecular weight is 1010 g/mol. The standard InChI is InChI=1S/C21H20N4O4.C18H17BrN2O4.C9H15BN2O2.CH4/c1-29-18-4-2-3-14(9-18)12-24-19(13-26)20(27)25(21(24)28)17-7-5-15(6-8-17)16-10-22-23-11-16;1-25-15-4-2-3-12(9-15)10-20-16(11-22)17(23)21(18(20)24)14-7-5-13(19)6-8-14;1-8(2)9(3,4)14-10(13-8)7-5-11-12-6-7;/h2-11,19,26H,12-13H2,1H3,(H,22,23);2-9,16,22H,10-11H2,1H3;5-6H,1-4H3,(H,11,12);1H4. The Hall–Kier alpha value is -6.84. The van der Waals surface area contributed by atoms with E-state index in [1.165, 1.54) is 9.80 Å². The van der Waals surface area contributed by atoms with Gasteiger partial charge < -0.3 is 38.8 Å². The molecule has 0 bridgehead atoms. The van der Waals surface area contributed by atoms with Gasteiger partial charge in [0.05, 0.1) is 56.2 Å². The highest BCUT2D eigenvalue weighted by molar-refractivity contribution is 9.10. The van der Waals surface area contributed by atoms with Gasteiger partial charge in [0.2, 0.25) is 0 Å². The molecule has 69 heavy (non-hydrogen) atoms. The maximum Gasteiger partial charge on any atom is 0.498 e. The van der Waals surface area contributed by atoms with E-state index in [1.807, 2.05) is 64.1 Å². The molecule has 3 saturated heterocycles. The summed E-state index contributed by atoms with van der Waals surface area (Å²) in [6.45, 7) is 7.66. The van der Waals surface area contributed by atoms with Gasteiger partial charge in [-0.05, 0) is 105 Å². The van der Waals surface area contributed by atoms with Gasteiger partial charge in [-0.15, -0.1) is 0 Å². The molecule has 6 aromatic rings. The predicted octanol–water partition coefficient (Wildman–Crippen LogP) is 6.55. The van der Waals surface area contributed by atoms with Crippen molar-refractivity contribution in [3.05, 3.63) is 137 Å². The van der Waals surface area contributed by atoms with Crippen molar-refractivity contribution < 1.29 is 48.2 Å². The zero-order valence-electron chi connectivity index (χ0n) is 38.3. The molecule has 0 spiro atoms. The minimum Gasteiger partial charge on any atom is -0.497 e. The van der Waals surface area contributed by atoms with E-state index in [9.17, 15) is 29.4 Å². The molecule has 2 unspecified atom stereocenters. The average Bonchev–Trinajstić information content (AvgIpc) is 4.18. The van der Waals surface area contributed by atoms with Crippen LogP contribution >= 0.6 is 15.9 Å². The zero-order chi connectivity index (χ0) is 48.8. The fourth-order valence-electron chi connectivity index (χ4n) is 7.57. The number of ether oxygens (including phenoxy) is 2. The van der Waals surface area contributed by atoms with E-state index in [4.69, 9.17) is 18.8 Å². The van der Waals surface area contributed by atoms with Gasteiger partial charge in [-0.3, -0.25) is 19.8 Å². The number of carbonyl (C=O) groups excluding carboxylic acids is 4. The second-order valence-electron chi connectivity index (χ2n) is 16.9. The predicted molar refractivity (Wildman–Crippen MR) is 264 cm³/mol. The number of aliphatic hydroxyl groups is 2. The molecule has 0 radical (unpaired) electrons. The van der Waals surface area contributed by atoms with E-state index in [0.717, 1.165) is 42.0 Å². The molecule has 0 aliphatic carbocycles. The quantitative estimate of drug-likeness (QED) is 0.0759. The van der Waals surface area contributed by atoms with Crippen LogP contribution in [0.3, 0.4) is 0 Å². The van der Waals surface area contributed by atoms with Gasteiger partial charge in [0, 0.05) is 47.2 Å². The fraction of sp³-hybridized carbons (Fsp3) is 0.306. The molecule has 4 N–H and O–H groups in total. The Balaban J connectivity index is 0.000000178. The summed E-state index contributed by atoms with van der Waals surface area (Å²) in [5.41, 5.74) is 4.74. The number of imide groups is 2. The summed E-state index contributed by atoms with van der Waals surface area (Å²) in [7, 11) is 2.82. The van der Waals surface area contributed by atoms with E-state index in [0.29, 0.717) is 22.9 Å². The van der Waals surface area contributed by atoms with Crippen molar-refractivity contribution in [2.75, 3.05) is 37.2 Å². The van der Waals surface area contributed by atoms with Gasteiger partial charge in [0.15, 0.2) is 0 Å². The van der Waals surface area contributed by atoms with Crippen LogP contribution in [0.2, 0.25) is 0 Å². The summed E-state index contributed by atoms with van der Waals surface area (Å²) in [6.07, 6.45) is 6.97. The number of rotatable bonds is 12. The summed E-state index contributed by atoms with van der Waals surface area (Å²) in [5, 5.41) is 32.7. The first-order valence-corrected chi connectivity index (χ1v) is 22.3. The van der Waals surface area contributed by atoms with E-state index in [1.54, 1.807) is 99.7 Å². The first-order valence-electron chi connectivity index (χ1n) is 21.6. The number of nitrogens with one attached hydrogen (secondary N) is 2. The maximum atomic E-state index is 13.0. The van der Waals surface area contributed by atoms with Crippen molar-refractivity contribution in [3.63, 3.8) is 0 Å². The Morgan fingerprint density at radius 3 is 1.51 bits per heavy atom. The number of amides is 6. The molecule has 6 amide bonds. The molecule has 3 fully saturated rings. The van der Waals surface area contributed by atoms with Crippen molar-refractivity contribution in [2.45, 2.75) is 71.5 Å². The number of anilines is 2. The van der Waals surface area contributed by atoms with Gasteiger partial charge >= 0.3 is 19.2 Å². The van der Waals surface area contributed by atoms with Gasteiger partial charge in [-0.25, -0.2) is 19.4 Å². The Bertz CT molecular complexity index is 2670. The number of aliphatic hydroxyl groups excluding tert-OH is 2. The van der Waals surface area contributed by atoms with Crippen molar-refractivity contribution in [1.29, 1.82) is 0 Å². The number of benzene rings is 4. The molecule has 2 aromatic heterocycles. The molecular formula is C49H56BBrN8O10. The first-order chi connectivity index (χ1) is 32.6. The lowest BCUT2D eigenvalue weighted by molar-refractivity contribution is -0.121. The highest BCUT2D eigenvalue weighted by atomic mass is 79.9. The van der Waals surface area contributed by atoms with E-state index in [2.05, 4.69) is 36.3 Å². The summed E-state index contributed by atoms with van der Waals surface area (Å²) in [4.78, 5) is 56.3. The van der Waals surface area contributed by atoms with Crippen LogP contribution < -0.4 is 24.7 Å². The Morgan fingerprint density at radius 1 is 0.652 bits per heavy atom. The smallest absolute Gasteiger partial charge is 0.497 e. The van der Waals surface area contributed by atoms with Crippen LogP contribution in [0.15, 0.2) is 126 Å². The lowest BCUT2D eigenvalue weighted by atomic mass is 9.82. The number of carbonyl (C=O) groups is 4. The van der Waals surface area contributed by atoms with Crippen molar-refractivity contribution in [2.24, 2.45) is 0 Å². The Labute approximate surface area is 409 Å². The van der Waals surface area contributed by atoms with Gasteiger partial charge in [0.25, 0.3) is 11.8 Å². The second-order valence-corrected chi connectivity index (χ2v) is 17.8. The van der Waals surface area contributed by atoms with Crippen molar-refractivity contribution in [1.82, 2.24) is 30.2 Å². The Morgan fingerprint density at radius 2 is 1.10 bits per heavy atom. The third kappa shape index (κ3) is 11.2. The number of hydrogen-bond donors (Lipinski definition) is 4. The van der Waals surface area contributed by atoms with Crippen LogP contribution in [0.5, 0.6) is 11.5 Å². The lowest BCUT2D eigenvalue weighted by Gasteiger charge is -2.32. The molecule has 362 valence electrons. The fourth-order valence-corrected chi connectivity index (χ4v) is 7.83. The largest absolute Gasteiger partial charge is 0.498 e. The zero-order valence-corrected chi connectivity index (χ0v) is 39.9. The van der Waals surface area contributed by atoms with E-state index in [-0.39, 0.29) is 38.8 Å². The number of halogens is 1. The van der Waals surface area contributed by atoms with Gasteiger partial charge in [-0.1, -0.05) is 59.8 Å². The number of aromatic amines is 2. The van der Waals surface area contributed by atoms with Gasteiger partial charge in [-0.2, -0.15) is 10.2 Å². The molecule has 3 aliphatic heterocycles. The third-order valence-electron chi connectivity index (χ3n) is 12.0. The van der Waals surface area contributed by atoms with Crippen molar-refractivity contribution in [3.8, 4) is 22.6 Å². The molecule has 0 saturated carbocycles. The van der Waals surface area contributed by atoms with Crippen LogP contribution in [-0.2, 0) is 32.0 Å². The maximum absolute atomic E-state index is 13.0. The molecule has 5 heterocycles. The monoisotopic (exact) mass is 1010 g/mol. The number of H-pyrrole nitrogens is 2. The topological polar surface area (TPSA) is 216 Å². The molecule has 9 rings (SSSR count). The second kappa shape index (κ2) is 22.1. The van der Waals surface area contributed by atoms with Crippen LogP contribution in [0.25, 0.3) is 11.1 Å². The summed E-state index contributed by atoms with van der Waals surface area (Å²) in [5.74, 6) is 0.447. The molecule has 2 atom stereocenters. The molecule has 20 heteroatoms. The molecule has 3 aliphatic rings.